The minimum atomic E-state index is -0.511. The number of carbonyl (C=O) groups excluding carboxylic acids is 1. The van der Waals surface area contributed by atoms with Crippen LogP contribution in [0.15, 0.2) is 28.7 Å². The maximum Gasteiger partial charge on any atom is 0.259 e. The van der Waals surface area contributed by atoms with E-state index in [1.807, 2.05) is 0 Å². The first-order valence-corrected chi connectivity index (χ1v) is 5.41. The summed E-state index contributed by atoms with van der Waals surface area (Å²) in [6.07, 6.45) is 0. The van der Waals surface area contributed by atoms with Gasteiger partial charge in [0.15, 0.2) is 0 Å². The van der Waals surface area contributed by atoms with Gasteiger partial charge >= 0.3 is 0 Å². The normalized spacial score (nSPS) is 10.4. The summed E-state index contributed by atoms with van der Waals surface area (Å²) in [5, 5.41) is 2.63. The summed E-state index contributed by atoms with van der Waals surface area (Å²) in [6.45, 7) is 3.47. The van der Waals surface area contributed by atoms with Crippen molar-refractivity contribution in [1.29, 1.82) is 0 Å². The van der Waals surface area contributed by atoms with E-state index in [1.54, 1.807) is 19.9 Å². The van der Waals surface area contributed by atoms with Crippen LogP contribution in [0.5, 0.6) is 0 Å². The van der Waals surface area contributed by atoms with Gasteiger partial charge in [-0.15, -0.1) is 0 Å². The van der Waals surface area contributed by atoms with Gasteiger partial charge in [0.05, 0.1) is 11.3 Å². The third kappa shape index (κ3) is 2.34. The van der Waals surface area contributed by atoms with Gasteiger partial charge in [-0.05, 0) is 38.1 Å². The summed E-state index contributed by atoms with van der Waals surface area (Å²) >= 11 is 0. The third-order valence-corrected chi connectivity index (χ3v) is 2.54. The van der Waals surface area contributed by atoms with Crippen LogP contribution in [0.1, 0.15) is 21.9 Å². The average molecular weight is 248 g/mol. The number of nitrogen functional groups attached to an aromatic ring is 1. The molecule has 1 aromatic carbocycles. The second-order valence-electron chi connectivity index (χ2n) is 4.02. The zero-order valence-electron chi connectivity index (χ0n) is 10.1. The maximum atomic E-state index is 13.0. The summed E-state index contributed by atoms with van der Waals surface area (Å²) in [7, 11) is 0. The molecular weight excluding hydrogens is 235 g/mol. The molecule has 0 saturated carbocycles. The molecule has 0 unspecified atom stereocenters. The Morgan fingerprint density at radius 3 is 2.61 bits per heavy atom. The molecule has 0 aliphatic rings. The van der Waals surface area contributed by atoms with E-state index in [4.69, 9.17) is 10.2 Å². The van der Waals surface area contributed by atoms with E-state index in [0.29, 0.717) is 22.8 Å². The van der Waals surface area contributed by atoms with Crippen LogP contribution in [-0.2, 0) is 0 Å². The molecule has 5 heteroatoms. The second kappa shape index (κ2) is 4.52. The maximum absolute atomic E-state index is 13.0. The van der Waals surface area contributed by atoms with Gasteiger partial charge in [0, 0.05) is 5.69 Å². The first-order valence-electron chi connectivity index (χ1n) is 5.41. The van der Waals surface area contributed by atoms with Gasteiger partial charge in [-0.3, -0.25) is 4.79 Å². The van der Waals surface area contributed by atoms with Gasteiger partial charge in [-0.1, -0.05) is 0 Å². The summed E-state index contributed by atoms with van der Waals surface area (Å²) in [5.74, 6) is 0.384. The summed E-state index contributed by atoms with van der Waals surface area (Å²) in [5.41, 5.74) is 6.31. The van der Waals surface area contributed by atoms with Gasteiger partial charge in [0.1, 0.15) is 17.3 Å². The molecule has 1 amide bonds. The number of furan rings is 1. The van der Waals surface area contributed by atoms with Crippen molar-refractivity contribution in [2.75, 3.05) is 11.1 Å². The third-order valence-electron chi connectivity index (χ3n) is 2.54. The molecule has 4 nitrogen and oxygen atoms in total. The van der Waals surface area contributed by atoms with Gasteiger partial charge in [0.25, 0.3) is 5.91 Å². The van der Waals surface area contributed by atoms with Crippen LogP contribution >= 0.6 is 0 Å². The molecule has 0 atom stereocenters. The number of anilines is 2. The van der Waals surface area contributed by atoms with E-state index in [1.165, 1.54) is 18.2 Å². The predicted octanol–water partition coefficient (Wildman–Crippen LogP) is 2.87. The Balaban J connectivity index is 2.21. The van der Waals surface area contributed by atoms with Crippen molar-refractivity contribution >= 4 is 17.3 Å². The minimum absolute atomic E-state index is 0.00658. The Labute approximate surface area is 104 Å². The van der Waals surface area contributed by atoms with E-state index < -0.39 is 5.82 Å². The molecule has 0 fully saturated rings. The largest absolute Gasteiger partial charge is 0.466 e. The van der Waals surface area contributed by atoms with E-state index in [0.717, 1.165) is 0 Å². The standard InChI is InChI=1S/C13H13FN2O2/c1-7-5-10(8(2)18-7)13(17)16-9-3-4-11(14)12(15)6-9/h3-6H,15H2,1-2H3,(H,16,17). The fourth-order valence-corrected chi connectivity index (χ4v) is 1.68. The molecule has 0 aliphatic heterocycles. The Kier molecular flexibility index (Phi) is 3.06. The number of aryl methyl sites for hydroxylation is 2. The molecule has 2 aromatic rings. The Morgan fingerprint density at radius 1 is 1.33 bits per heavy atom. The van der Waals surface area contributed by atoms with Crippen molar-refractivity contribution in [2.45, 2.75) is 13.8 Å². The number of nitrogens with one attached hydrogen (secondary N) is 1. The molecule has 94 valence electrons. The Bertz CT molecular complexity index is 605. The Morgan fingerprint density at radius 2 is 2.06 bits per heavy atom. The van der Waals surface area contributed by atoms with Gasteiger partial charge in [0.2, 0.25) is 0 Å². The molecule has 0 spiro atoms. The van der Waals surface area contributed by atoms with Crippen LogP contribution in [0.25, 0.3) is 0 Å². The fourth-order valence-electron chi connectivity index (χ4n) is 1.68. The number of rotatable bonds is 2. The van der Waals surface area contributed by atoms with Crippen molar-refractivity contribution in [3.05, 3.63) is 47.2 Å². The topological polar surface area (TPSA) is 68.3 Å². The zero-order valence-corrected chi connectivity index (χ0v) is 10.1. The minimum Gasteiger partial charge on any atom is -0.466 e. The van der Waals surface area contributed by atoms with Crippen LogP contribution in [-0.4, -0.2) is 5.91 Å². The molecule has 0 radical (unpaired) electrons. The van der Waals surface area contributed by atoms with E-state index >= 15 is 0 Å². The molecule has 0 aliphatic carbocycles. The molecule has 1 aromatic heterocycles. The molecule has 1 heterocycles. The van der Waals surface area contributed by atoms with Crippen molar-refractivity contribution in [3.8, 4) is 0 Å². The first-order chi connectivity index (χ1) is 8.47. The zero-order chi connectivity index (χ0) is 13.3. The highest BCUT2D eigenvalue weighted by Crippen LogP contribution is 2.19. The number of hydrogen-bond donors (Lipinski definition) is 2. The molecule has 0 saturated heterocycles. The van der Waals surface area contributed by atoms with Crippen LogP contribution in [0, 0.1) is 19.7 Å². The predicted molar refractivity (Wildman–Crippen MR) is 66.9 cm³/mol. The molecule has 3 N–H and O–H groups in total. The van der Waals surface area contributed by atoms with Crippen LogP contribution in [0.4, 0.5) is 15.8 Å². The summed E-state index contributed by atoms with van der Waals surface area (Å²) in [6, 6.07) is 5.68. The van der Waals surface area contributed by atoms with Crippen LogP contribution < -0.4 is 11.1 Å². The van der Waals surface area contributed by atoms with Crippen molar-refractivity contribution in [2.24, 2.45) is 0 Å². The lowest BCUT2D eigenvalue weighted by Crippen LogP contribution is -2.12. The Hall–Kier alpha value is -2.30. The van der Waals surface area contributed by atoms with E-state index in [-0.39, 0.29) is 11.6 Å². The lowest BCUT2D eigenvalue weighted by molar-refractivity contribution is 0.102. The second-order valence-corrected chi connectivity index (χ2v) is 4.02. The summed E-state index contributed by atoms with van der Waals surface area (Å²) in [4.78, 5) is 11.9. The van der Waals surface area contributed by atoms with Gasteiger partial charge in [-0.25, -0.2) is 4.39 Å². The van der Waals surface area contributed by atoms with E-state index in [2.05, 4.69) is 5.32 Å². The molecular formula is C13H13FN2O2. The monoisotopic (exact) mass is 248 g/mol. The fraction of sp³-hybridized carbons (Fsp3) is 0.154. The lowest BCUT2D eigenvalue weighted by Gasteiger charge is -2.05. The highest BCUT2D eigenvalue weighted by molar-refractivity contribution is 6.05. The van der Waals surface area contributed by atoms with Crippen molar-refractivity contribution in [1.82, 2.24) is 0 Å². The van der Waals surface area contributed by atoms with Crippen molar-refractivity contribution in [3.63, 3.8) is 0 Å². The van der Waals surface area contributed by atoms with Crippen molar-refractivity contribution < 1.29 is 13.6 Å². The highest BCUT2D eigenvalue weighted by atomic mass is 19.1. The van der Waals surface area contributed by atoms with Gasteiger partial charge in [-0.2, -0.15) is 0 Å². The number of nitrogens with two attached hydrogens (primary N) is 1. The number of hydrogen-bond acceptors (Lipinski definition) is 3. The summed E-state index contributed by atoms with van der Waals surface area (Å²) < 4.78 is 18.2. The van der Waals surface area contributed by atoms with Gasteiger partial charge < -0.3 is 15.5 Å². The highest BCUT2D eigenvalue weighted by Gasteiger charge is 2.13. The number of amides is 1. The average Bonchev–Trinajstić information content (AvgIpc) is 2.63. The smallest absolute Gasteiger partial charge is 0.259 e. The molecule has 2 rings (SSSR count). The van der Waals surface area contributed by atoms with E-state index in [9.17, 15) is 9.18 Å². The number of benzene rings is 1. The van der Waals surface area contributed by atoms with Crippen LogP contribution in [0.2, 0.25) is 0 Å². The quantitative estimate of drug-likeness (QED) is 0.803. The SMILES string of the molecule is Cc1cc(C(=O)Nc2ccc(F)c(N)c2)c(C)o1. The lowest BCUT2D eigenvalue weighted by atomic mass is 10.2. The molecule has 18 heavy (non-hydrogen) atoms. The number of halogens is 1. The van der Waals surface area contributed by atoms with Crippen LogP contribution in [0.3, 0.4) is 0 Å². The number of carbonyl (C=O) groups is 1. The first kappa shape index (κ1) is 12.2. The molecule has 0 bridgehead atoms.